The number of fused-ring (bicyclic) bond motifs is 1. The number of aromatic nitrogens is 2. The van der Waals surface area contributed by atoms with E-state index in [1.54, 1.807) is 18.2 Å². The van der Waals surface area contributed by atoms with Crippen molar-refractivity contribution in [3.63, 3.8) is 0 Å². The number of amides is 1. The summed E-state index contributed by atoms with van der Waals surface area (Å²) in [6.07, 6.45) is 1.95. The summed E-state index contributed by atoms with van der Waals surface area (Å²) in [6, 6.07) is 15.4. The number of H-pyrrole nitrogens is 1. The second-order valence-electron chi connectivity index (χ2n) is 6.81. The van der Waals surface area contributed by atoms with Gasteiger partial charge in [0.05, 0.1) is 16.9 Å². The molecule has 1 atom stereocenters. The van der Waals surface area contributed by atoms with Crippen LogP contribution in [0.4, 0.5) is 0 Å². The molecule has 5 nitrogen and oxygen atoms in total. The van der Waals surface area contributed by atoms with Gasteiger partial charge in [0, 0.05) is 18.7 Å². The molecule has 1 aromatic heterocycles. The van der Waals surface area contributed by atoms with E-state index < -0.39 is 0 Å². The van der Waals surface area contributed by atoms with Crippen LogP contribution in [0, 0.1) is 4.77 Å². The summed E-state index contributed by atoms with van der Waals surface area (Å²) in [5.41, 5.74) is 2.22. The maximum Gasteiger partial charge on any atom is 0.262 e. The van der Waals surface area contributed by atoms with Crippen LogP contribution in [0.1, 0.15) is 41.7 Å². The molecule has 1 aliphatic rings. The summed E-state index contributed by atoms with van der Waals surface area (Å²) in [4.78, 5) is 30.7. The smallest absolute Gasteiger partial charge is 0.262 e. The highest BCUT2D eigenvalue weighted by Gasteiger charge is 2.30. The Balaban J connectivity index is 1.72. The molecule has 0 aliphatic carbocycles. The minimum atomic E-state index is -0.126. The molecule has 1 aliphatic heterocycles. The topological polar surface area (TPSA) is 58.1 Å². The van der Waals surface area contributed by atoms with Crippen LogP contribution in [0.3, 0.4) is 0 Å². The van der Waals surface area contributed by atoms with Gasteiger partial charge in [0.2, 0.25) is 0 Å². The molecule has 2 aromatic carbocycles. The third kappa shape index (κ3) is 3.10. The second-order valence-corrected chi connectivity index (χ2v) is 7.19. The lowest BCUT2D eigenvalue weighted by atomic mass is 10.0. The van der Waals surface area contributed by atoms with Gasteiger partial charge in [0.25, 0.3) is 11.5 Å². The average molecular weight is 379 g/mol. The zero-order valence-electron chi connectivity index (χ0n) is 15.1. The first kappa shape index (κ1) is 17.7. The second kappa shape index (κ2) is 7.12. The highest BCUT2D eigenvalue weighted by Crippen LogP contribution is 2.33. The SMILES string of the molecule is CCn1c(=S)[nH]c2cc(C(=O)N3CCCC3c3ccccc3)ccc2c1=O. The van der Waals surface area contributed by atoms with Gasteiger partial charge in [-0.15, -0.1) is 0 Å². The fourth-order valence-corrected chi connectivity index (χ4v) is 4.19. The third-order valence-electron chi connectivity index (χ3n) is 5.24. The van der Waals surface area contributed by atoms with Gasteiger partial charge in [-0.3, -0.25) is 14.2 Å². The van der Waals surface area contributed by atoms with E-state index in [1.807, 2.05) is 30.0 Å². The van der Waals surface area contributed by atoms with E-state index in [2.05, 4.69) is 17.1 Å². The zero-order valence-corrected chi connectivity index (χ0v) is 16.0. The van der Waals surface area contributed by atoms with Gasteiger partial charge in [-0.05, 0) is 55.7 Å². The van der Waals surface area contributed by atoms with Crippen molar-refractivity contribution in [1.29, 1.82) is 0 Å². The summed E-state index contributed by atoms with van der Waals surface area (Å²) in [5.74, 6) is -0.0118. The molecular weight excluding hydrogens is 358 g/mol. The molecule has 3 aromatic rings. The third-order valence-corrected chi connectivity index (χ3v) is 5.57. The lowest BCUT2D eigenvalue weighted by Gasteiger charge is -2.25. The van der Waals surface area contributed by atoms with Gasteiger partial charge >= 0.3 is 0 Å². The first-order chi connectivity index (χ1) is 13.1. The van der Waals surface area contributed by atoms with Crippen LogP contribution in [0.2, 0.25) is 0 Å². The molecule has 0 spiro atoms. The van der Waals surface area contributed by atoms with Crippen molar-refractivity contribution in [3.8, 4) is 0 Å². The van der Waals surface area contributed by atoms with Crippen molar-refractivity contribution >= 4 is 29.0 Å². The minimum Gasteiger partial charge on any atom is -0.332 e. The number of hydrogen-bond donors (Lipinski definition) is 1. The van der Waals surface area contributed by atoms with E-state index >= 15 is 0 Å². The van der Waals surface area contributed by atoms with Gasteiger partial charge in [-0.2, -0.15) is 0 Å². The van der Waals surface area contributed by atoms with Crippen LogP contribution in [0.25, 0.3) is 10.9 Å². The monoisotopic (exact) mass is 379 g/mol. The first-order valence-corrected chi connectivity index (χ1v) is 9.63. The molecule has 1 unspecified atom stereocenters. The summed E-state index contributed by atoms with van der Waals surface area (Å²) < 4.78 is 1.90. The van der Waals surface area contributed by atoms with Crippen molar-refractivity contribution in [1.82, 2.24) is 14.5 Å². The van der Waals surface area contributed by atoms with Crippen LogP contribution in [-0.4, -0.2) is 26.9 Å². The number of hydrogen-bond acceptors (Lipinski definition) is 3. The molecule has 2 heterocycles. The van der Waals surface area contributed by atoms with E-state index in [0.29, 0.717) is 27.8 Å². The van der Waals surface area contributed by atoms with Crippen LogP contribution < -0.4 is 5.56 Å². The van der Waals surface area contributed by atoms with Crippen LogP contribution in [0.5, 0.6) is 0 Å². The van der Waals surface area contributed by atoms with Crippen LogP contribution >= 0.6 is 12.2 Å². The zero-order chi connectivity index (χ0) is 19.0. The highest BCUT2D eigenvalue weighted by molar-refractivity contribution is 7.71. The molecule has 27 heavy (non-hydrogen) atoms. The van der Waals surface area contributed by atoms with Gasteiger partial charge < -0.3 is 9.88 Å². The standard InChI is InChI=1S/C21H21N3O2S/c1-2-23-20(26)16-11-10-15(13-17(16)22-21(23)27)19(25)24-12-6-9-18(24)14-7-4-3-5-8-14/h3-5,7-8,10-11,13,18H,2,6,9,12H2,1H3,(H,22,27). The molecule has 0 radical (unpaired) electrons. The van der Waals surface area contributed by atoms with E-state index in [9.17, 15) is 9.59 Å². The fraction of sp³-hybridized carbons (Fsp3) is 0.286. The Kier molecular flexibility index (Phi) is 4.66. The van der Waals surface area contributed by atoms with Crippen molar-refractivity contribution in [2.45, 2.75) is 32.4 Å². The number of carbonyl (C=O) groups excluding carboxylic acids is 1. The molecule has 138 valence electrons. The van der Waals surface area contributed by atoms with Gasteiger partial charge in [0.15, 0.2) is 4.77 Å². The Morgan fingerprint density at radius 2 is 2.00 bits per heavy atom. The minimum absolute atomic E-state index is 0.0118. The maximum atomic E-state index is 13.2. The van der Waals surface area contributed by atoms with Crippen molar-refractivity contribution < 1.29 is 4.79 Å². The molecule has 1 N–H and O–H groups in total. The molecule has 6 heteroatoms. The van der Waals surface area contributed by atoms with Crippen molar-refractivity contribution in [2.24, 2.45) is 0 Å². The fourth-order valence-electron chi connectivity index (χ4n) is 3.87. The number of carbonyl (C=O) groups is 1. The predicted octanol–water partition coefficient (Wildman–Crippen LogP) is 4.06. The van der Waals surface area contributed by atoms with E-state index in [1.165, 1.54) is 4.57 Å². The molecule has 1 fully saturated rings. The van der Waals surface area contributed by atoms with Crippen molar-refractivity contribution in [3.05, 3.63) is 74.8 Å². The molecule has 0 bridgehead atoms. The largest absolute Gasteiger partial charge is 0.332 e. The van der Waals surface area contributed by atoms with Crippen LogP contribution in [0.15, 0.2) is 53.3 Å². The molecular formula is C21H21N3O2S. The van der Waals surface area contributed by atoms with E-state index in [-0.39, 0.29) is 17.5 Å². The first-order valence-electron chi connectivity index (χ1n) is 9.23. The average Bonchev–Trinajstić information content (AvgIpc) is 3.18. The van der Waals surface area contributed by atoms with Gasteiger partial charge in [-0.25, -0.2) is 0 Å². The van der Waals surface area contributed by atoms with Crippen molar-refractivity contribution in [2.75, 3.05) is 6.54 Å². The highest BCUT2D eigenvalue weighted by atomic mass is 32.1. The van der Waals surface area contributed by atoms with Crippen LogP contribution in [-0.2, 0) is 6.54 Å². The number of nitrogens with one attached hydrogen (secondary N) is 1. The van der Waals surface area contributed by atoms with Gasteiger partial charge in [0.1, 0.15) is 0 Å². The Bertz CT molecular complexity index is 1120. The Morgan fingerprint density at radius 1 is 1.22 bits per heavy atom. The Morgan fingerprint density at radius 3 is 2.74 bits per heavy atom. The summed E-state index contributed by atoms with van der Waals surface area (Å²) in [5, 5.41) is 0.544. The Labute approximate surface area is 162 Å². The molecule has 1 saturated heterocycles. The predicted molar refractivity (Wildman–Crippen MR) is 109 cm³/mol. The van der Waals surface area contributed by atoms with E-state index in [0.717, 1.165) is 24.9 Å². The number of likely N-dealkylation sites (tertiary alicyclic amines) is 1. The normalized spacial score (nSPS) is 16.8. The number of rotatable bonds is 3. The quantitative estimate of drug-likeness (QED) is 0.698. The number of nitrogens with zero attached hydrogens (tertiary/aromatic N) is 2. The summed E-state index contributed by atoms with van der Waals surface area (Å²) >= 11 is 5.28. The molecule has 4 rings (SSSR count). The lowest BCUT2D eigenvalue weighted by Crippen LogP contribution is -2.30. The number of benzene rings is 2. The lowest BCUT2D eigenvalue weighted by molar-refractivity contribution is 0.0736. The Hall–Kier alpha value is -2.73. The summed E-state index contributed by atoms with van der Waals surface area (Å²) in [7, 11) is 0. The van der Waals surface area contributed by atoms with E-state index in [4.69, 9.17) is 12.2 Å². The summed E-state index contributed by atoms with van der Waals surface area (Å²) in [6.45, 7) is 3.13. The molecule has 1 amide bonds. The number of aromatic amines is 1. The molecule has 0 saturated carbocycles. The maximum absolute atomic E-state index is 13.2. The van der Waals surface area contributed by atoms with Gasteiger partial charge in [-0.1, -0.05) is 30.3 Å².